The van der Waals surface area contributed by atoms with Gasteiger partial charge in [-0.05, 0) is 49.2 Å². The van der Waals surface area contributed by atoms with Crippen molar-refractivity contribution in [2.45, 2.75) is 26.2 Å². The summed E-state index contributed by atoms with van der Waals surface area (Å²) in [6, 6.07) is 10.7. The normalized spacial score (nSPS) is 16.1. The largest absolute Gasteiger partial charge is 0.368 e. The van der Waals surface area contributed by atoms with Crippen LogP contribution < -0.4 is 9.80 Å². The molecule has 8 nitrogen and oxygen atoms in total. The number of amides is 1. The van der Waals surface area contributed by atoms with E-state index < -0.39 is 0 Å². The maximum atomic E-state index is 13.4. The minimum atomic E-state index is -0.251. The molecule has 0 bridgehead atoms. The van der Waals surface area contributed by atoms with E-state index >= 15 is 0 Å². The summed E-state index contributed by atoms with van der Waals surface area (Å²) in [5.41, 5.74) is 4.83. The molecule has 4 aromatic rings. The van der Waals surface area contributed by atoms with Crippen LogP contribution in [0, 0.1) is 5.82 Å². The van der Waals surface area contributed by atoms with Gasteiger partial charge in [0.05, 0.1) is 17.1 Å². The SMILES string of the molecule is CCc1nc2ccc(N3CCN(CCC(=O)N4CCC4)CC3)cn2c1N(C)c1nc(-c2ccc(F)cc2)cs1. The molecule has 0 spiro atoms. The second kappa shape index (κ2) is 10.9. The number of nitrogens with zero attached hydrogens (tertiary/aromatic N) is 7. The van der Waals surface area contributed by atoms with Gasteiger partial charge in [0.2, 0.25) is 5.91 Å². The molecule has 2 aliphatic rings. The lowest BCUT2D eigenvalue weighted by Gasteiger charge is -2.37. The third kappa shape index (κ3) is 5.23. The molecule has 0 atom stereocenters. The van der Waals surface area contributed by atoms with Crippen molar-refractivity contribution in [1.29, 1.82) is 0 Å². The highest BCUT2D eigenvalue weighted by atomic mass is 32.1. The number of likely N-dealkylation sites (tertiary alicyclic amines) is 1. The molecule has 3 aromatic heterocycles. The maximum absolute atomic E-state index is 13.4. The van der Waals surface area contributed by atoms with Gasteiger partial charge >= 0.3 is 0 Å². The molecule has 1 aromatic carbocycles. The summed E-state index contributed by atoms with van der Waals surface area (Å²) in [7, 11) is 2.03. The predicted molar refractivity (Wildman–Crippen MR) is 155 cm³/mol. The monoisotopic (exact) mass is 547 g/mol. The lowest BCUT2D eigenvalue weighted by molar-refractivity contribution is -0.134. The number of anilines is 3. The van der Waals surface area contributed by atoms with Gasteiger partial charge in [0.25, 0.3) is 0 Å². The number of carbonyl (C=O) groups is 1. The van der Waals surface area contributed by atoms with Crippen molar-refractivity contribution in [1.82, 2.24) is 24.2 Å². The summed E-state index contributed by atoms with van der Waals surface area (Å²) in [6.07, 6.45) is 4.76. The van der Waals surface area contributed by atoms with Gasteiger partial charge in [0.15, 0.2) is 5.13 Å². The van der Waals surface area contributed by atoms with Crippen molar-refractivity contribution in [2.24, 2.45) is 0 Å². The number of carbonyl (C=O) groups excluding carboxylic acids is 1. The average Bonchev–Trinajstić information content (AvgIpc) is 3.56. The first-order valence-electron chi connectivity index (χ1n) is 13.7. The second-order valence-corrected chi connectivity index (χ2v) is 11.1. The van der Waals surface area contributed by atoms with Gasteiger partial charge in [-0.25, -0.2) is 14.4 Å². The Balaban J connectivity index is 1.18. The number of imidazole rings is 1. The molecule has 0 N–H and O–H groups in total. The fourth-order valence-electron chi connectivity index (χ4n) is 5.32. The number of piperazine rings is 1. The Morgan fingerprint density at radius 2 is 1.79 bits per heavy atom. The minimum absolute atomic E-state index is 0.251. The van der Waals surface area contributed by atoms with Gasteiger partial charge in [-0.1, -0.05) is 6.92 Å². The van der Waals surface area contributed by atoms with Crippen LogP contribution in [0.15, 0.2) is 48.0 Å². The highest BCUT2D eigenvalue weighted by Gasteiger charge is 2.24. The molecule has 10 heteroatoms. The van der Waals surface area contributed by atoms with Crippen LogP contribution in [0.1, 0.15) is 25.5 Å². The highest BCUT2D eigenvalue weighted by Crippen LogP contribution is 2.34. The number of pyridine rings is 1. The van der Waals surface area contributed by atoms with Gasteiger partial charge in [0.1, 0.15) is 17.3 Å². The molecule has 204 valence electrons. The van der Waals surface area contributed by atoms with Crippen LogP contribution in [0.3, 0.4) is 0 Å². The third-order valence-corrected chi connectivity index (χ3v) is 8.72. The molecule has 0 radical (unpaired) electrons. The molecule has 0 aliphatic carbocycles. The van der Waals surface area contributed by atoms with Gasteiger partial charge in [-0.15, -0.1) is 11.3 Å². The van der Waals surface area contributed by atoms with Crippen molar-refractivity contribution in [3.63, 3.8) is 0 Å². The smallest absolute Gasteiger partial charge is 0.223 e. The highest BCUT2D eigenvalue weighted by molar-refractivity contribution is 7.14. The van der Waals surface area contributed by atoms with E-state index in [2.05, 4.69) is 44.4 Å². The summed E-state index contributed by atoms with van der Waals surface area (Å²) < 4.78 is 15.6. The first-order valence-corrected chi connectivity index (χ1v) is 14.6. The maximum Gasteiger partial charge on any atom is 0.223 e. The summed E-state index contributed by atoms with van der Waals surface area (Å²) in [4.78, 5) is 30.9. The Labute approximate surface area is 232 Å². The Kier molecular flexibility index (Phi) is 7.22. The van der Waals surface area contributed by atoms with Crippen molar-refractivity contribution in [2.75, 3.05) is 62.7 Å². The number of benzene rings is 1. The van der Waals surface area contributed by atoms with Gasteiger partial charge in [-0.3, -0.25) is 14.1 Å². The van der Waals surface area contributed by atoms with E-state index in [9.17, 15) is 9.18 Å². The van der Waals surface area contributed by atoms with E-state index in [0.717, 1.165) is 92.2 Å². The van der Waals surface area contributed by atoms with Gasteiger partial charge in [0, 0.05) is 76.4 Å². The molecule has 0 saturated carbocycles. The van der Waals surface area contributed by atoms with E-state index in [1.165, 1.54) is 17.8 Å². The zero-order valence-corrected chi connectivity index (χ0v) is 23.3. The van der Waals surface area contributed by atoms with Crippen molar-refractivity contribution < 1.29 is 9.18 Å². The fourth-order valence-corrected chi connectivity index (χ4v) is 6.12. The Morgan fingerprint density at radius 3 is 2.49 bits per heavy atom. The number of hydrogen-bond donors (Lipinski definition) is 0. The molecule has 2 fully saturated rings. The number of rotatable bonds is 8. The van der Waals surface area contributed by atoms with E-state index in [1.54, 1.807) is 23.5 Å². The van der Waals surface area contributed by atoms with Crippen LogP contribution in [0.25, 0.3) is 16.9 Å². The fraction of sp³-hybridized carbons (Fsp3) is 0.414. The summed E-state index contributed by atoms with van der Waals surface area (Å²) in [5, 5.41) is 2.87. The Bertz CT molecular complexity index is 1450. The van der Waals surface area contributed by atoms with E-state index in [1.807, 2.05) is 17.3 Å². The van der Waals surface area contributed by atoms with Crippen LogP contribution in [0.2, 0.25) is 0 Å². The van der Waals surface area contributed by atoms with Crippen molar-refractivity contribution >= 4 is 39.5 Å². The first kappa shape index (κ1) is 25.8. The number of halogens is 1. The van der Waals surface area contributed by atoms with Crippen molar-refractivity contribution in [3.05, 3.63) is 59.5 Å². The van der Waals surface area contributed by atoms with Crippen LogP contribution in [0.4, 0.5) is 21.0 Å². The third-order valence-electron chi connectivity index (χ3n) is 7.81. The van der Waals surface area contributed by atoms with E-state index in [0.29, 0.717) is 12.3 Å². The number of hydrogen-bond acceptors (Lipinski definition) is 7. The molecule has 0 unspecified atom stereocenters. The number of fused-ring (bicyclic) bond motifs is 1. The lowest BCUT2D eigenvalue weighted by atomic mass is 10.2. The van der Waals surface area contributed by atoms with Gasteiger partial charge < -0.3 is 14.7 Å². The molecule has 2 saturated heterocycles. The Hall–Kier alpha value is -3.50. The molecular formula is C29H34FN7OS. The lowest BCUT2D eigenvalue weighted by Crippen LogP contribution is -2.48. The summed E-state index contributed by atoms with van der Waals surface area (Å²) >= 11 is 1.57. The molecule has 2 aliphatic heterocycles. The Morgan fingerprint density at radius 1 is 1.03 bits per heavy atom. The molecule has 5 heterocycles. The van der Waals surface area contributed by atoms with Crippen LogP contribution >= 0.6 is 11.3 Å². The molecule has 1 amide bonds. The van der Waals surface area contributed by atoms with Crippen LogP contribution in [0.5, 0.6) is 0 Å². The number of aryl methyl sites for hydroxylation is 1. The average molecular weight is 548 g/mol. The summed E-state index contributed by atoms with van der Waals surface area (Å²) in [5.74, 6) is 1.05. The molecular weight excluding hydrogens is 513 g/mol. The van der Waals surface area contributed by atoms with E-state index in [4.69, 9.17) is 9.97 Å². The predicted octanol–water partition coefficient (Wildman–Crippen LogP) is 4.67. The minimum Gasteiger partial charge on any atom is -0.368 e. The van der Waals surface area contributed by atoms with Crippen LogP contribution in [-0.4, -0.2) is 82.9 Å². The zero-order valence-electron chi connectivity index (χ0n) is 22.5. The first-order chi connectivity index (χ1) is 19.0. The summed E-state index contributed by atoms with van der Waals surface area (Å²) in [6.45, 7) is 8.58. The molecule has 39 heavy (non-hydrogen) atoms. The quantitative estimate of drug-likeness (QED) is 0.320. The second-order valence-electron chi connectivity index (χ2n) is 10.2. The topological polar surface area (TPSA) is 60.2 Å². The van der Waals surface area contributed by atoms with Crippen molar-refractivity contribution in [3.8, 4) is 11.3 Å². The number of aromatic nitrogens is 3. The molecule has 6 rings (SSSR count). The van der Waals surface area contributed by atoms with Crippen LogP contribution in [-0.2, 0) is 11.2 Å². The number of thiazole rings is 1. The van der Waals surface area contributed by atoms with Gasteiger partial charge in [-0.2, -0.15) is 0 Å². The zero-order chi connectivity index (χ0) is 26.9. The standard InChI is InChI=1S/C29H34FN7OS/c1-3-24-28(33(2)29-32-25(20-39-29)21-5-7-22(30)8-6-21)37-19-23(9-10-26(37)31-24)35-17-15-34(16-18-35)14-11-27(38)36-12-4-13-36/h5-10,19-20H,3-4,11-18H2,1-2H3. The van der Waals surface area contributed by atoms with E-state index in [-0.39, 0.29) is 5.82 Å².